The summed E-state index contributed by atoms with van der Waals surface area (Å²) in [6, 6.07) is -0.444. The smallest absolute Gasteiger partial charge is 0.239 e. The quantitative estimate of drug-likeness (QED) is 0.848. The lowest BCUT2D eigenvalue weighted by atomic mass is 10.0. The number of likely N-dealkylation sites (tertiary alicyclic amines) is 1. The molecule has 0 aromatic rings. The van der Waals surface area contributed by atoms with Crippen LogP contribution in [0.2, 0.25) is 0 Å². The van der Waals surface area contributed by atoms with E-state index >= 15 is 0 Å². The summed E-state index contributed by atoms with van der Waals surface area (Å²) in [5.74, 6) is 1.31. The fourth-order valence-electron chi connectivity index (χ4n) is 3.02. The predicted molar refractivity (Wildman–Crippen MR) is 85.8 cm³/mol. The molecule has 1 spiro atoms. The van der Waals surface area contributed by atoms with Crippen LogP contribution in [0.4, 0.5) is 0 Å². The van der Waals surface area contributed by atoms with Gasteiger partial charge in [0.15, 0.2) is 0 Å². The minimum Gasteiger partial charge on any atom is -0.338 e. The SMILES string of the molecule is CC(C)C(=O)N1CCSC12CCN(C(=O)[C@@H](N)C(C)C)C2. The first-order valence-electron chi connectivity index (χ1n) is 7.78. The van der Waals surface area contributed by atoms with Gasteiger partial charge in [0.2, 0.25) is 11.8 Å². The molecule has 2 atom stereocenters. The first kappa shape index (κ1) is 16.6. The van der Waals surface area contributed by atoms with Crippen molar-refractivity contribution in [2.24, 2.45) is 17.6 Å². The topological polar surface area (TPSA) is 66.6 Å². The molecule has 6 heteroatoms. The Kier molecular flexibility index (Phi) is 4.88. The number of thioether (sulfide) groups is 1. The van der Waals surface area contributed by atoms with Crippen LogP contribution in [0.1, 0.15) is 34.1 Å². The Morgan fingerprint density at radius 2 is 1.81 bits per heavy atom. The Morgan fingerprint density at radius 3 is 2.38 bits per heavy atom. The van der Waals surface area contributed by atoms with E-state index in [9.17, 15) is 9.59 Å². The van der Waals surface area contributed by atoms with Crippen molar-refractivity contribution in [3.63, 3.8) is 0 Å². The lowest BCUT2D eigenvalue weighted by molar-refractivity contribution is -0.138. The van der Waals surface area contributed by atoms with Gasteiger partial charge in [0.1, 0.15) is 4.87 Å². The number of hydrogen-bond donors (Lipinski definition) is 1. The van der Waals surface area contributed by atoms with E-state index in [2.05, 4.69) is 0 Å². The zero-order valence-electron chi connectivity index (χ0n) is 13.5. The van der Waals surface area contributed by atoms with Crippen LogP contribution < -0.4 is 5.73 Å². The molecule has 2 saturated heterocycles. The summed E-state index contributed by atoms with van der Waals surface area (Å²) in [7, 11) is 0. The summed E-state index contributed by atoms with van der Waals surface area (Å²) in [6.45, 7) is 9.92. The van der Waals surface area contributed by atoms with Crippen LogP contribution in [0.5, 0.6) is 0 Å². The van der Waals surface area contributed by atoms with Gasteiger partial charge in [-0.1, -0.05) is 27.7 Å². The Labute approximate surface area is 131 Å². The minimum atomic E-state index is -0.444. The molecule has 1 unspecified atom stereocenters. The van der Waals surface area contributed by atoms with Crippen molar-refractivity contribution in [1.82, 2.24) is 9.80 Å². The second-order valence-corrected chi connectivity index (χ2v) is 8.18. The molecule has 0 aliphatic carbocycles. The number of hydrogen-bond acceptors (Lipinski definition) is 4. The van der Waals surface area contributed by atoms with Crippen LogP contribution >= 0.6 is 11.8 Å². The van der Waals surface area contributed by atoms with Crippen molar-refractivity contribution in [2.45, 2.75) is 45.0 Å². The molecule has 2 rings (SSSR count). The van der Waals surface area contributed by atoms with E-state index in [0.29, 0.717) is 13.1 Å². The highest BCUT2D eigenvalue weighted by atomic mass is 32.2. The Hall–Kier alpha value is -0.750. The highest BCUT2D eigenvalue weighted by Gasteiger charge is 2.50. The van der Waals surface area contributed by atoms with Crippen molar-refractivity contribution in [3.8, 4) is 0 Å². The molecule has 2 aliphatic heterocycles. The van der Waals surface area contributed by atoms with Gasteiger partial charge >= 0.3 is 0 Å². The van der Waals surface area contributed by atoms with E-state index < -0.39 is 6.04 Å². The van der Waals surface area contributed by atoms with E-state index in [4.69, 9.17) is 5.73 Å². The van der Waals surface area contributed by atoms with E-state index in [-0.39, 0.29) is 28.5 Å². The highest BCUT2D eigenvalue weighted by molar-refractivity contribution is 8.00. The van der Waals surface area contributed by atoms with Gasteiger partial charge in [-0.3, -0.25) is 9.59 Å². The molecule has 2 heterocycles. The molecule has 21 heavy (non-hydrogen) atoms. The molecule has 0 aromatic carbocycles. The normalized spacial score (nSPS) is 27.2. The Morgan fingerprint density at radius 1 is 1.14 bits per heavy atom. The van der Waals surface area contributed by atoms with Crippen LogP contribution in [0.3, 0.4) is 0 Å². The summed E-state index contributed by atoms with van der Waals surface area (Å²) in [4.78, 5) is 28.5. The van der Waals surface area contributed by atoms with Gasteiger partial charge in [-0.25, -0.2) is 0 Å². The first-order valence-corrected chi connectivity index (χ1v) is 8.77. The van der Waals surface area contributed by atoms with Crippen LogP contribution in [0.25, 0.3) is 0 Å². The van der Waals surface area contributed by atoms with Crippen molar-refractivity contribution < 1.29 is 9.59 Å². The van der Waals surface area contributed by atoms with Crippen molar-refractivity contribution in [1.29, 1.82) is 0 Å². The Balaban J connectivity index is 2.09. The summed E-state index contributed by atoms with van der Waals surface area (Å²) < 4.78 is 0. The third-order valence-electron chi connectivity index (χ3n) is 4.46. The number of carbonyl (C=O) groups excluding carboxylic acids is 2. The fraction of sp³-hybridized carbons (Fsp3) is 0.867. The second-order valence-electron chi connectivity index (χ2n) is 6.72. The maximum Gasteiger partial charge on any atom is 0.239 e. The van der Waals surface area contributed by atoms with Crippen LogP contribution in [0, 0.1) is 11.8 Å². The summed E-state index contributed by atoms with van der Waals surface area (Å²) in [5, 5.41) is 0. The molecule has 2 amide bonds. The maximum absolute atomic E-state index is 12.4. The van der Waals surface area contributed by atoms with Crippen LogP contribution in [0.15, 0.2) is 0 Å². The monoisotopic (exact) mass is 313 g/mol. The zero-order chi connectivity index (χ0) is 15.8. The van der Waals surface area contributed by atoms with Crippen LogP contribution in [-0.2, 0) is 9.59 Å². The van der Waals surface area contributed by atoms with Gasteiger partial charge in [-0.15, -0.1) is 11.8 Å². The summed E-state index contributed by atoms with van der Waals surface area (Å²) >= 11 is 1.82. The molecule has 0 aromatic heterocycles. The van der Waals surface area contributed by atoms with E-state index in [1.807, 2.05) is 49.3 Å². The molecular weight excluding hydrogens is 286 g/mol. The van der Waals surface area contributed by atoms with Crippen LogP contribution in [-0.4, -0.2) is 57.9 Å². The third-order valence-corrected chi connectivity index (χ3v) is 5.94. The van der Waals surface area contributed by atoms with E-state index in [0.717, 1.165) is 18.7 Å². The molecule has 0 saturated carbocycles. The zero-order valence-corrected chi connectivity index (χ0v) is 14.3. The van der Waals surface area contributed by atoms with Crippen molar-refractivity contribution >= 4 is 23.6 Å². The maximum atomic E-state index is 12.4. The first-order chi connectivity index (χ1) is 9.78. The standard InChI is InChI=1S/C15H27N3O2S/c1-10(2)12(16)14(20)17-6-5-15(9-17)18(7-8-21-15)13(19)11(3)4/h10-12H,5-9,16H2,1-4H3/t12-,15?/m0/s1. The molecule has 0 radical (unpaired) electrons. The van der Waals surface area contributed by atoms with E-state index in [1.165, 1.54) is 0 Å². The molecule has 0 bridgehead atoms. The van der Waals surface area contributed by atoms with Gasteiger partial charge in [-0.2, -0.15) is 0 Å². The third kappa shape index (κ3) is 3.06. The number of amides is 2. The Bertz CT molecular complexity index is 427. The average molecular weight is 313 g/mol. The van der Waals surface area contributed by atoms with Gasteiger partial charge in [-0.05, 0) is 12.3 Å². The van der Waals surface area contributed by atoms with Crippen molar-refractivity contribution in [3.05, 3.63) is 0 Å². The van der Waals surface area contributed by atoms with Gasteiger partial charge in [0.05, 0.1) is 12.6 Å². The van der Waals surface area contributed by atoms with Gasteiger partial charge in [0, 0.05) is 24.8 Å². The average Bonchev–Trinajstić information content (AvgIpc) is 3.04. The largest absolute Gasteiger partial charge is 0.338 e. The molecule has 120 valence electrons. The summed E-state index contributed by atoms with van der Waals surface area (Å²) in [5.41, 5.74) is 5.99. The van der Waals surface area contributed by atoms with E-state index in [1.54, 1.807) is 0 Å². The minimum absolute atomic E-state index is 0.00301. The number of rotatable bonds is 3. The van der Waals surface area contributed by atoms with Crippen molar-refractivity contribution in [2.75, 3.05) is 25.4 Å². The number of nitrogens with zero attached hydrogens (tertiary/aromatic N) is 2. The molecule has 2 aliphatic rings. The molecule has 5 nitrogen and oxygen atoms in total. The molecule has 2 N–H and O–H groups in total. The number of carbonyl (C=O) groups is 2. The summed E-state index contributed by atoms with van der Waals surface area (Å²) in [6.07, 6.45) is 0.854. The van der Waals surface area contributed by atoms with Gasteiger partial charge < -0.3 is 15.5 Å². The molecular formula is C15H27N3O2S. The lowest BCUT2D eigenvalue weighted by Crippen LogP contribution is -2.51. The lowest BCUT2D eigenvalue weighted by Gasteiger charge is -2.35. The van der Waals surface area contributed by atoms with Gasteiger partial charge in [0.25, 0.3) is 0 Å². The highest BCUT2D eigenvalue weighted by Crippen LogP contribution is 2.43. The fourth-order valence-corrected chi connectivity index (χ4v) is 4.49. The predicted octanol–water partition coefficient (Wildman–Crippen LogP) is 1.13. The number of nitrogens with two attached hydrogens (primary N) is 1. The second kappa shape index (κ2) is 6.16. The molecule has 2 fully saturated rings.